The van der Waals surface area contributed by atoms with Gasteiger partial charge in [-0.05, 0) is 26.2 Å². The Morgan fingerprint density at radius 2 is 1.73 bits per heavy atom. The molecule has 2 saturated heterocycles. The van der Waals surface area contributed by atoms with Crippen LogP contribution in [0.1, 0.15) is 43.8 Å². The SMILES string of the molecule is COCCCNC(=NCc1nnc(C)n1C)N1CCN(CC(=O)N2CCCCCC2)CC1.I. The lowest BCUT2D eigenvalue weighted by molar-refractivity contribution is -0.132. The van der Waals surface area contributed by atoms with Gasteiger partial charge in [-0.2, -0.15) is 0 Å². The lowest BCUT2D eigenvalue weighted by Crippen LogP contribution is -2.54. The summed E-state index contributed by atoms with van der Waals surface area (Å²) in [6, 6.07) is 0. The Morgan fingerprint density at radius 3 is 2.33 bits per heavy atom. The van der Waals surface area contributed by atoms with E-state index in [2.05, 4.69) is 30.2 Å². The Hall–Kier alpha value is -1.47. The zero-order chi connectivity index (χ0) is 22.8. The van der Waals surface area contributed by atoms with Crippen molar-refractivity contribution in [1.82, 2.24) is 34.8 Å². The predicted molar refractivity (Wildman–Crippen MR) is 140 cm³/mol. The van der Waals surface area contributed by atoms with Crippen LogP contribution in [-0.2, 0) is 23.1 Å². The lowest BCUT2D eigenvalue weighted by Gasteiger charge is -2.37. The number of ether oxygens (including phenoxy) is 1. The Bertz CT molecular complexity index is 741. The van der Waals surface area contributed by atoms with Crippen molar-refractivity contribution < 1.29 is 9.53 Å². The van der Waals surface area contributed by atoms with Crippen LogP contribution in [0.3, 0.4) is 0 Å². The normalized spacial score (nSPS) is 18.1. The molecule has 33 heavy (non-hydrogen) atoms. The van der Waals surface area contributed by atoms with Crippen molar-refractivity contribution in [3.63, 3.8) is 0 Å². The summed E-state index contributed by atoms with van der Waals surface area (Å²) in [5.41, 5.74) is 0. The highest BCUT2D eigenvalue weighted by Gasteiger charge is 2.24. The number of nitrogens with one attached hydrogen (secondary N) is 1. The van der Waals surface area contributed by atoms with Crippen LogP contribution in [0.25, 0.3) is 0 Å². The molecule has 0 aliphatic carbocycles. The fraction of sp³-hybridized carbons (Fsp3) is 0.818. The van der Waals surface area contributed by atoms with Gasteiger partial charge in [0.15, 0.2) is 11.8 Å². The standard InChI is InChI=1S/C22H40N8O2.HI/c1-19-25-26-20(27(19)2)17-24-22(23-9-8-16-32-3)30-14-12-28(13-15-30)18-21(31)29-10-6-4-5-7-11-29;/h4-18H2,1-3H3,(H,23,24);1H. The van der Waals surface area contributed by atoms with Crippen LogP contribution in [0, 0.1) is 6.92 Å². The molecule has 11 heteroatoms. The number of carbonyl (C=O) groups excluding carboxylic acids is 1. The van der Waals surface area contributed by atoms with Gasteiger partial charge in [-0.25, -0.2) is 4.99 Å². The molecule has 3 rings (SSSR count). The maximum atomic E-state index is 12.7. The third-order valence-electron chi connectivity index (χ3n) is 6.35. The molecule has 1 aromatic heterocycles. The van der Waals surface area contributed by atoms with E-state index < -0.39 is 0 Å². The van der Waals surface area contributed by atoms with Crippen molar-refractivity contribution in [2.75, 3.05) is 66.1 Å². The van der Waals surface area contributed by atoms with E-state index in [-0.39, 0.29) is 29.9 Å². The van der Waals surface area contributed by atoms with Gasteiger partial charge >= 0.3 is 0 Å². The highest BCUT2D eigenvalue weighted by molar-refractivity contribution is 14.0. The van der Waals surface area contributed by atoms with Crippen molar-refractivity contribution in [3.8, 4) is 0 Å². The summed E-state index contributed by atoms with van der Waals surface area (Å²) >= 11 is 0. The van der Waals surface area contributed by atoms with Gasteiger partial charge in [-0.1, -0.05) is 12.8 Å². The van der Waals surface area contributed by atoms with Crippen molar-refractivity contribution in [3.05, 3.63) is 11.6 Å². The average molecular weight is 577 g/mol. The van der Waals surface area contributed by atoms with Crippen molar-refractivity contribution in [2.24, 2.45) is 12.0 Å². The molecule has 2 fully saturated rings. The van der Waals surface area contributed by atoms with E-state index in [4.69, 9.17) is 9.73 Å². The number of carbonyl (C=O) groups is 1. The number of amides is 1. The highest BCUT2D eigenvalue weighted by atomic mass is 127. The molecular formula is C22H41IN8O2. The minimum atomic E-state index is 0. The number of piperazine rings is 1. The van der Waals surface area contributed by atoms with Crippen LogP contribution < -0.4 is 5.32 Å². The fourth-order valence-corrected chi connectivity index (χ4v) is 4.15. The number of aryl methyl sites for hydroxylation is 1. The summed E-state index contributed by atoms with van der Waals surface area (Å²) < 4.78 is 7.14. The monoisotopic (exact) mass is 576 g/mol. The fourth-order valence-electron chi connectivity index (χ4n) is 4.15. The molecule has 0 atom stereocenters. The molecule has 2 aliphatic rings. The predicted octanol–water partition coefficient (Wildman–Crippen LogP) is 1.24. The third-order valence-corrected chi connectivity index (χ3v) is 6.35. The molecule has 1 aromatic rings. The van der Waals surface area contributed by atoms with E-state index in [9.17, 15) is 4.79 Å². The molecule has 0 spiro atoms. The number of hydrogen-bond donors (Lipinski definition) is 1. The summed E-state index contributed by atoms with van der Waals surface area (Å²) in [7, 11) is 3.68. The van der Waals surface area contributed by atoms with E-state index >= 15 is 0 Å². The first-order valence-electron chi connectivity index (χ1n) is 12.0. The maximum Gasteiger partial charge on any atom is 0.236 e. The van der Waals surface area contributed by atoms with Crippen LogP contribution in [0.2, 0.25) is 0 Å². The molecule has 0 radical (unpaired) electrons. The van der Waals surface area contributed by atoms with Gasteiger partial charge in [0, 0.05) is 66.6 Å². The first kappa shape index (κ1) is 27.8. The molecule has 188 valence electrons. The summed E-state index contributed by atoms with van der Waals surface area (Å²) in [6.45, 7) is 9.73. The largest absolute Gasteiger partial charge is 0.385 e. The van der Waals surface area contributed by atoms with Gasteiger partial charge in [0.05, 0.1) is 6.54 Å². The molecule has 1 N–H and O–H groups in total. The van der Waals surface area contributed by atoms with Gasteiger partial charge < -0.3 is 24.4 Å². The van der Waals surface area contributed by atoms with Crippen molar-refractivity contribution >= 4 is 35.8 Å². The number of halogens is 1. The highest BCUT2D eigenvalue weighted by Crippen LogP contribution is 2.11. The van der Waals surface area contributed by atoms with Gasteiger partial charge in [0.25, 0.3) is 0 Å². The number of rotatable bonds is 8. The van der Waals surface area contributed by atoms with Crippen molar-refractivity contribution in [1.29, 1.82) is 0 Å². The van der Waals surface area contributed by atoms with Crippen LogP contribution in [0.5, 0.6) is 0 Å². The third kappa shape index (κ3) is 8.67. The zero-order valence-electron chi connectivity index (χ0n) is 20.5. The van der Waals surface area contributed by atoms with E-state index in [0.29, 0.717) is 13.1 Å². The quantitative estimate of drug-likeness (QED) is 0.216. The van der Waals surface area contributed by atoms with Gasteiger partial charge in [-0.3, -0.25) is 9.69 Å². The summed E-state index contributed by atoms with van der Waals surface area (Å²) in [6.07, 6.45) is 5.69. The number of nitrogens with zero attached hydrogens (tertiary/aromatic N) is 7. The zero-order valence-corrected chi connectivity index (χ0v) is 22.8. The number of hydrogen-bond acceptors (Lipinski definition) is 6. The van der Waals surface area contributed by atoms with Crippen molar-refractivity contribution in [2.45, 2.75) is 45.6 Å². The molecular weight excluding hydrogens is 535 g/mol. The molecule has 10 nitrogen and oxygen atoms in total. The summed E-state index contributed by atoms with van der Waals surface area (Å²) in [5.74, 6) is 2.90. The molecule has 0 aromatic carbocycles. The van der Waals surface area contributed by atoms with E-state index in [1.54, 1.807) is 7.11 Å². The van der Waals surface area contributed by atoms with Crippen LogP contribution in [-0.4, -0.2) is 107 Å². The number of methoxy groups -OCH3 is 1. The minimum absolute atomic E-state index is 0. The molecule has 2 aliphatic heterocycles. The smallest absolute Gasteiger partial charge is 0.236 e. The van der Waals surface area contributed by atoms with Gasteiger partial charge in [0.2, 0.25) is 5.91 Å². The van der Waals surface area contributed by atoms with Crippen LogP contribution in [0.15, 0.2) is 4.99 Å². The molecule has 0 unspecified atom stereocenters. The van der Waals surface area contributed by atoms with Crippen LogP contribution in [0.4, 0.5) is 0 Å². The molecule has 0 saturated carbocycles. The molecule has 1 amide bonds. The topological polar surface area (TPSA) is 91.1 Å². The average Bonchev–Trinajstić information content (AvgIpc) is 3.00. The number of aliphatic imine (C=N–C) groups is 1. The number of guanidine groups is 1. The Kier molecular flexibility index (Phi) is 12.4. The summed E-state index contributed by atoms with van der Waals surface area (Å²) in [5, 5.41) is 11.8. The van der Waals surface area contributed by atoms with E-state index in [1.165, 1.54) is 12.8 Å². The Balaban J connectivity index is 0.00000385. The Morgan fingerprint density at radius 1 is 1.03 bits per heavy atom. The van der Waals surface area contributed by atoms with E-state index in [1.807, 2.05) is 18.5 Å². The first-order chi connectivity index (χ1) is 15.6. The van der Waals surface area contributed by atoms with Gasteiger partial charge in [0.1, 0.15) is 12.4 Å². The number of aromatic nitrogens is 3. The Labute approximate surface area is 215 Å². The lowest BCUT2D eigenvalue weighted by atomic mass is 10.2. The second-order valence-electron chi connectivity index (χ2n) is 8.69. The molecule has 3 heterocycles. The first-order valence-corrected chi connectivity index (χ1v) is 12.0. The number of likely N-dealkylation sites (tertiary alicyclic amines) is 1. The van der Waals surface area contributed by atoms with Crippen LogP contribution >= 0.6 is 24.0 Å². The maximum absolute atomic E-state index is 12.7. The second-order valence-corrected chi connectivity index (χ2v) is 8.69. The van der Waals surface area contributed by atoms with E-state index in [0.717, 1.165) is 89.3 Å². The minimum Gasteiger partial charge on any atom is -0.385 e. The summed E-state index contributed by atoms with van der Waals surface area (Å²) in [4.78, 5) is 24.2. The molecule has 0 bridgehead atoms. The van der Waals surface area contributed by atoms with Gasteiger partial charge in [-0.15, -0.1) is 34.2 Å². The second kappa shape index (κ2) is 14.7.